The molecule has 0 aliphatic carbocycles. The van der Waals surface area contributed by atoms with Crippen LogP contribution in [0, 0.1) is 5.82 Å². The fraction of sp³-hybridized carbons (Fsp3) is 0.475. The molecule has 3 rings (SSSR count). The van der Waals surface area contributed by atoms with E-state index in [0.717, 1.165) is 48.3 Å². The first kappa shape index (κ1) is 39.2. The first-order valence-corrected chi connectivity index (χ1v) is 17.6. The summed E-state index contributed by atoms with van der Waals surface area (Å²) in [6.07, 6.45) is 12.1. The Hall–Kier alpha value is -4.24. The smallest absolute Gasteiger partial charge is 0.347 e. The molecule has 0 saturated carbocycles. The van der Waals surface area contributed by atoms with Crippen LogP contribution in [-0.2, 0) is 19.0 Å². The van der Waals surface area contributed by atoms with Crippen molar-refractivity contribution in [3.05, 3.63) is 83.7 Å². The Balaban J connectivity index is 1.41. The Morgan fingerprint density at radius 3 is 1.86 bits per heavy atom. The van der Waals surface area contributed by atoms with Gasteiger partial charge in [0.1, 0.15) is 23.9 Å². The van der Waals surface area contributed by atoms with Crippen LogP contribution in [0.2, 0.25) is 0 Å². The molecule has 9 heteroatoms. The maximum atomic E-state index is 14.8. The summed E-state index contributed by atoms with van der Waals surface area (Å²) in [4.78, 5) is 37.3. The number of carbonyl (C=O) groups excluding carboxylic acids is 3. The molecule has 0 N–H and O–H groups in total. The van der Waals surface area contributed by atoms with Crippen LogP contribution in [0.5, 0.6) is 11.5 Å². The summed E-state index contributed by atoms with van der Waals surface area (Å²) < 4.78 is 41.4. The van der Waals surface area contributed by atoms with Crippen molar-refractivity contribution in [3.8, 4) is 22.6 Å². The number of hydrogen-bond acceptors (Lipinski definition) is 8. The third-order valence-electron chi connectivity index (χ3n) is 7.93. The molecule has 0 saturated heterocycles. The first-order valence-electron chi connectivity index (χ1n) is 17.6. The molecule has 8 nitrogen and oxygen atoms in total. The molecule has 3 aromatic carbocycles. The number of unbranched alkanes of at least 4 members (excludes halogenated alkanes) is 9. The molecule has 266 valence electrons. The van der Waals surface area contributed by atoms with E-state index in [0.29, 0.717) is 13.2 Å². The number of benzene rings is 3. The van der Waals surface area contributed by atoms with E-state index in [1.54, 1.807) is 24.3 Å². The van der Waals surface area contributed by atoms with Gasteiger partial charge in [0.15, 0.2) is 6.10 Å². The van der Waals surface area contributed by atoms with Crippen molar-refractivity contribution in [2.24, 2.45) is 0 Å². The molecule has 0 amide bonds. The standard InChI is InChI=1S/C40H51FO8/c1-4-6-8-9-10-11-12-13-14-26-46-34-21-19-32(20-22-34)31-15-17-33(18-16-31)39(43)49-35-23-24-36(37(41)29-35)40(44)48-30(3)38(42)47-28-27-45-25-7-5-2/h15-24,29-30H,4-14,25-28H2,1-3H3/t30-/m0/s1. The van der Waals surface area contributed by atoms with Crippen LogP contribution in [0.15, 0.2) is 66.7 Å². The zero-order chi connectivity index (χ0) is 35.3. The molecule has 0 radical (unpaired) electrons. The molecule has 0 spiro atoms. The third-order valence-corrected chi connectivity index (χ3v) is 7.93. The molecular weight excluding hydrogens is 627 g/mol. The lowest BCUT2D eigenvalue weighted by atomic mass is 10.0. The van der Waals surface area contributed by atoms with Gasteiger partial charge in [0.25, 0.3) is 0 Å². The van der Waals surface area contributed by atoms with Crippen molar-refractivity contribution >= 4 is 17.9 Å². The Labute approximate surface area is 290 Å². The van der Waals surface area contributed by atoms with Gasteiger partial charge < -0.3 is 23.7 Å². The first-order chi connectivity index (χ1) is 23.8. The van der Waals surface area contributed by atoms with Gasteiger partial charge in [-0.1, -0.05) is 95.9 Å². The molecule has 49 heavy (non-hydrogen) atoms. The second-order valence-corrected chi connectivity index (χ2v) is 12.0. The topological polar surface area (TPSA) is 97.4 Å². The average molecular weight is 679 g/mol. The summed E-state index contributed by atoms with van der Waals surface area (Å²) in [5.74, 6) is -2.72. The van der Waals surface area contributed by atoms with E-state index in [2.05, 4.69) is 6.92 Å². The molecule has 0 aliphatic heterocycles. The fourth-order valence-electron chi connectivity index (χ4n) is 4.98. The number of carbonyl (C=O) groups is 3. The molecule has 3 aromatic rings. The summed E-state index contributed by atoms with van der Waals surface area (Å²) in [6, 6.07) is 18.0. The molecule has 0 fully saturated rings. The molecule has 0 unspecified atom stereocenters. The average Bonchev–Trinajstić information content (AvgIpc) is 3.10. The highest BCUT2D eigenvalue weighted by Crippen LogP contribution is 2.24. The maximum Gasteiger partial charge on any atom is 0.347 e. The zero-order valence-corrected chi connectivity index (χ0v) is 29.2. The van der Waals surface area contributed by atoms with Crippen molar-refractivity contribution in [3.63, 3.8) is 0 Å². The van der Waals surface area contributed by atoms with Crippen LogP contribution in [0.25, 0.3) is 11.1 Å². The van der Waals surface area contributed by atoms with Crippen molar-refractivity contribution in [1.82, 2.24) is 0 Å². The van der Waals surface area contributed by atoms with Gasteiger partial charge in [0.2, 0.25) is 0 Å². The van der Waals surface area contributed by atoms with Gasteiger partial charge in [-0.2, -0.15) is 0 Å². The number of hydrogen-bond donors (Lipinski definition) is 0. The van der Waals surface area contributed by atoms with E-state index in [9.17, 15) is 18.8 Å². The second kappa shape index (κ2) is 22.4. The lowest BCUT2D eigenvalue weighted by molar-refractivity contribution is -0.154. The number of halogens is 1. The normalized spacial score (nSPS) is 11.5. The molecular formula is C40H51FO8. The van der Waals surface area contributed by atoms with Crippen molar-refractivity contribution in [2.45, 2.75) is 97.5 Å². The molecule has 0 heterocycles. The lowest BCUT2D eigenvalue weighted by Gasteiger charge is -2.13. The van der Waals surface area contributed by atoms with Crippen LogP contribution in [-0.4, -0.2) is 50.4 Å². The van der Waals surface area contributed by atoms with Crippen LogP contribution < -0.4 is 9.47 Å². The van der Waals surface area contributed by atoms with Gasteiger partial charge in [-0.3, -0.25) is 0 Å². The van der Waals surface area contributed by atoms with Crippen LogP contribution in [0.4, 0.5) is 4.39 Å². The Bertz CT molecular complexity index is 1420. The van der Waals surface area contributed by atoms with Gasteiger partial charge in [-0.15, -0.1) is 0 Å². The summed E-state index contributed by atoms with van der Waals surface area (Å²) in [5, 5.41) is 0. The van der Waals surface area contributed by atoms with Crippen LogP contribution in [0.3, 0.4) is 0 Å². The maximum absolute atomic E-state index is 14.8. The van der Waals surface area contributed by atoms with E-state index >= 15 is 0 Å². The molecule has 0 bridgehead atoms. The quantitative estimate of drug-likeness (QED) is 0.0556. The monoisotopic (exact) mass is 678 g/mol. The van der Waals surface area contributed by atoms with Gasteiger partial charge >= 0.3 is 17.9 Å². The Morgan fingerprint density at radius 2 is 1.22 bits per heavy atom. The zero-order valence-electron chi connectivity index (χ0n) is 29.2. The highest BCUT2D eigenvalue weighted by molar-refractivity contribution is 5.93. The number of ether oxygens (including phenoxy) is 5. The van der Waals surface area contributed by atoms with E-state index < -0.39 is 35.4 Å². The summed E-state index contributed by atoms with van der Waals surface area (Å²) in [6.45, 7) is 7.14. The Morgan fingerprint density at radius 1 is 0.633 bits per heavy atom. The second-order valence-electron chi connectivity index (χ2n) is 12.0. The molecule has 1 atom stereocenters. The lowest BCUT2D eigenvalue weighted by Crippen LogP contribution is -2.27. The third kappa shape index (κ3) is 14.4. The van der Waals surface area contributed by atoms with Gasteiger partial charge in [0, 0.05) is 12.7 Å². The van der Waals surface area contributed by atoms with Crippen molar-refractivity contribution < 1.29 is 42.5 Å². The SMILES string of the molecule is CCCCCCCCCCCOc1ccc(-c2ccc(C(=O)Oc3ccc(C(=O)O[C@@H](C)C(=O)OCCOCCCC)c(F)c3)cc2)cc1. The minimum atomic E-state index is -1.25. The Kier molecular flexibility index (Phi) is 17.9. The van der Waals surface area contributed by atoms with Gasteiger partial charge in [0.05, 0.1) is 24.3 Å². The summed E-state index contributed by atoms with van der Waals surface area (Å²) >= 11 is 0. The highest BCUT2D eigenvalue weighted by atomic mass is 19.1. The number of rotatable bonds is 23. The fourth-order valence-corrected chi connectivity index (χ4v) is 4.98. The van der Waals surface area contributed by atoms with Crippen molar-refractivity contribution in [2.75, 3.05) is 26.4 Å². The van der Waals surface area contributed by atoms with Crippen LogP contribution >= 0.6 is 0 Å². The van der Waals surface area contributed by atoms with Gasteiger partial charge in [-0.25, -0.2) is 18.8 Å². The minimum absolute atomic E-state index is 0.0175. The van der Waals surface area contributed by atoms with Crippen molar-refractivity contribution in [1.29, 1.82) is 0 Å². The van der Waals surface area contributed by atoms with Gasteiger partial charge in [-0.05, 0) is 67.3 Å². The van der Waals surface area contributed by atoms with E-state index in [-0.39, 0.29) is 24.5 Å². The molecule has 0 aliphatic rings. The predicted molar refractivity (Wildman–Crippen MR) is 188 cm³/mol. The van der Waals surface area contributed by atoms with E-state index in [1.165, 1.54) is 64.4 Å². The highest BCUT2D eigenvalue weighted by Gasteiger charge is 2.23. The van der Waals surface area contributed by atoms with E-state index in [1.807, 2.05) is 31.2 Å². The molecule has 0 aromatic heterocycles. The largest absolute Gasteiger partial charge is 0.494 e. The minimum Gasteiger partial charge on any atom is -0.494 e. The predicted octanol–water partition coefficient (Wildman–Crippen LogP) is 9.53. The summed E-state index contributed by atoms with van der Waals surface area (Å²) in [7, 11) is 0. The van der Waals surface area contributed by atoms with E-state index in [4.69, 9.17) is 23.7 Å². The number of esters is 3. The summed E-state index contributed by atoms with van der Waals surface area (Å²) in [5.41, 5.74) is 1.75. The van der Waals surface area contributed by atoms with Crippen LogP contribution in [0.1, 0.15) is 112 Å².